The number of hydrogen-bond acceptors (Lipinski definition) is 1. The zero-order valence-corrected chi connectivity index (χ0v) is 11.0. The van der Waals surface area contributed by atoms with E-state index >= 15 is 0 Å². The van der Waals surface area contributed by atoms with Gasteiger partial charge in [0.25, 0.3) is 5.91 Å². The molecule has 2 nitrogen and oxygen atoms in total. The smallest absolute Gasteiger partial charge is 0.252 e. The second-order valence-electron chi connectivity index (χ2n) is 4.84. The summed E-state index contributed by atoms with van der Waals surface area (Å²) in [6, 6.07) is 7.88. The van der Waals surface area contributed by atoms with Crippen LogP contribution in [0.5, 0.6) is 0 Å². The predicted octanol–water partition coefficient (Wildman–Crippen LogP) is 3.14. The zero-order valence-electron chi connectivity index (χ0n) is 9.40. The summed E-state index contributed by atoms with van der Waals surface area (Å²) >= 11 is 3.41. The predicted molar refractivity (Wildman–Crippen MR) is 70.8 cm³/mol. The van der Waals surface area contributed by atoms with Crippen molar-refractivity contribution in [3.05, 3.63) is 46.5 Å². The monoisotopic (exact) mass is 291 g/mol. The molecule has 0 aromatic heterocycles. The summed E-state index contributed by atoms with van der Waals surface area (Å²) in [7, 11) is 0. The maximum Gasteiger partial charge on any atom is 0.252 e. The first-order chi connectivity index (χ1) is 8.24. The van der Waals surface area contributed by atoms with Crippen LogP contribution in [0.2, 0.25) is 0 Å². The molecule has 17 heavy (non-hydrogen) atoms. The summed E-state index contributed by atoms with van der Waals surface area (Å²) in [5.41, 5.74) is 0.722. The van der Waals surface area contributed by atoms with Gasteiger partial charge in [-0.1, -0.05) is 24.3 Å². The van der Waals surface area contributed by atoms with Crippen molar-refractivity contribution < 1.29 is 4.79 Å². The van der Waals surface area contributed by atoms with Gasteiger partial charge in [0, 0.05) is 10.5 Å². The Bertz CT molecular complexity index is 483. The van der Waals surface area contributed by atoms with Crippen molar-refractivity contribution in [3.8, 4) is 0 Å². The summed E-state index contributed by atoms with van der Waals surface area (Å²) in [5, 5.41) is 3.15. The van der Waals surface area contributed by atoms with Crippen molar-refractivity contribution in [3.63, 3.8) is 0 Å². The van der Waals surface area contributed by atoms with Gasteiger partial charge < -0.3 is 5.32 Å². The molecule has 88 valence electrons. The van der Waals surface area contributed by atoms with E-state index in [1.165, 1.54) is 6.42 Å². The van der Waals surface area contributed by atoms with Crippen LogP contribution in [0.15, 0.2) is 40.9 Å². The first kappa shape index (κ1) is 11.0. The molecular weight excluding hydrogens is 278 g/mol. The molecule has 3 unspecified atom stereocenters. The van der Waals surface area contributed by atoms with Crippen molar-refractivity contribution in [2.75, 3.05) is 0 Å². The molecule has 0 spiro atoms. The SMILES string of the molecule is O=C(NC1CC2C=CC1C2)c1ccccc1Br. The second kappa shape index (κ2) is 4.30. The molecule has 1 saturated carbocycles. The number of hydrogen-bond donors (Lipinski definition) is 1. The van der Waals surface area contributed by atoms with Crippen LogP contribution >= 0.6 is 15.9 Å². The Morgan fingerprint density at radius 2 is 2.06 bits per heavy atom. The Labute approximate surface area is 109 Å². The molecule has 1 aromatic rings. The van der Waals surface area contributed by atoms with Crippen LogP contribution in [0.25, 0.3) is 0 Å². The highest BCUT2D eigenvalue weighted by atomic mass is 79.9. The topological polar surface area (TPSA) is 29.1 Å². The van der Waals surface area contributed by atoms with Crippen LogP contribution in [0.3, 0.4) is 0 Å². The van der Waals surface area contributed by atoms with Gasteiger partial charge in [0.05, 0.1) is 5.56 Å². The fraction of sp³-hybridized carbons (Fsp3) is 0.357. The number of fused-ring (bicyclic) bond motifs is 2. The molecule has 2 aliphatic rings. The standard InChI is InChI=1S/C14H14BrNO/c15-12-4-2-1-3-11(12)14(17)16-13-8-9-5-6-10(13)7-9/h1-6,9-10,13H,7-8H2,(H,16,17). The first-order valence-electron chi connectivity index (χ1n) is 5.98. The molecule has 1 amide bonds. The van der Waals surface area contributed by atoms with E-state index < -0.39 is 0 Å². The molecule has 0 radical (unpaired) electrons. The maximum absolute atomic E-state index is 12.1. The van der Waals surface area contributed by atoms with E-state index in [0.29, 0.717) is 17.9 Å². The van der Waals surface area contributed by atoms with Crippen LogP contribution < -0.4 is 5.32 Å². The number of allylic oxidation sites excluding steroid dienone is 1. The molecule has 0 saturated heterocycles. The van der Waals surface area contributed by atoms with Crippen molar-refractivity contribution >= 4 is 21.8 Å². The minimum Gasteiger partial charge on any atom is -0.349 e. The van der Waals surface area contributed by atoms with E-state index in [1.807, 2.05) is 24.3 Å². The minimum absolute atomic E-state index is 0.0309. The fourth-order valence-electron chi connectivity index (χ4n) is 2.84. The average molecular weight is 292 g/mol. The fourth-order valence-corrected chi connectivity index (χ4v) is 3.30. The van der Waals surface area contributed by atoms with Gasteiger partial charge in [-0.15, -0.1) is 0 Å². The third kappa shape index (κ3) is 2.04. The van der Waals surface area contributed by atoms with E-state index in [4.69, 9.17) is 0 Å². The number of carbonyl (C=O) groups is 1. The van der Waals surface area contributed by atoms with Crippen LogP contribution in [0.1, 0.15) is 23.2 Å². The summed E-state index contributed by atoms with van der Waals surface area (Å²) in [6.07, 6.45) is 6.84. The lowest BCUT2D eigenvalue weighted by Crippen LogP contribution is -2.37. The van der Waals surface area contributed by atoms with Gasteiger partial charge in [0.1, 0.15) is 0 Å². The second-order valence-corrected chi connectivity index (χ2v) is 5.69. The molecule has 0 aliphatic heterocycles. The van der Waals surface area contributed by atoms with Crippen LogP contribution in [0, 0.1) is 11.8 Å². The van der Waals surface area contributed by atoms with Crippen molar-refractivity contribution in [2.45, 2.75) is 18.9 Å². The van der Waals surface area contributed by atoms with E-state index in [2.05, 4.69) is 33.4 Å². The van der Waals surface area contributed by atoms with Crippen LogP contribution in [-0.4, -0.2) is 11.9 Å². The van der Waals surface area contributed by atoms with Gasteiger partial charge in [-0.3, -0.25) is 4.79 Å². The molecule has 3 heteroatoms. The van der Waals surface area contributed by atoms with Gasteiger partial charge in [0.2, 0.25) is 0 Å². The molecule has 1 N–H and O–H groups in total. The Morgan fingerprint density at radius 3 is 2.71 bits per heavy atom. The summed E-state index contributed by atoms with van der Waals surface area (Å²) in [5.74, 6) is 1.26. The summed E-state index contributed by atoms with van der Waals surface area (Å²) in [6.45, 7) is 0. The zero-order chi connectivity index (χ0) is 11.8. The van der Waals surface area contributed by atoms with Crippen molar-refractivity contribution in [1.29, 1.82) is 0 Å². The highest BCUT2D eigenvalue weighted by Crippen LogP contribution is 2.39. The summed E-state index contributed by atoms with van der Waals surface area (Å²) < 4.78 is 0.858. The minimum atomic E-state index is 0.0309. The van der Waals surface area contributed by atoms with Crippen LogP contribution in [0.4, 0.5) is 0 Å². The van der Waals surface area contributed by atoms with E-state index in [-0.39, 0.29) is 5.91 Å². The Hall–Kier alpha value is -1.09. The number of rotatable bonds is 2. The first-order valence-corrected chi connectivity index (χ1v) is 6.77. The number of carbonyl (C=O) groups excluding carboxylic acids is 1. The highest BCUT2D eigenvalue weighted by Gasteiger charge is 2.36. The number of benzene rings is 1. The third-order valence-corrected chi connectivity index (χ3v) is 4.41. The lowest BCUT2D eigenvalue weighted by atomic mass is 10.0. The molecule has 1 fully saturated rings. The molecule has 2 bridgehead atoms. The average Bonchev–Trinajstić information content (AvgIpc) is 2.91. The van der Waals surface area contributed by atoms with Gasteiger partial charge >= 0.3 is 0 Å². The maximum atomic E-state index is 12.1. The summed E-state index contributed by atoms with van der Waals surface area (Å²) in [4.78, 5) is 12.1. The van der Waals surface area contributed by atoms with Crippen molar-refractivity contribution in [1.82, 2.24) is 5.32 Å². The van der Waals surface area contributed by atoms with E-state index in [1.54, 1.807) is 0 Å². The quantitative estimate of drug-likeness (QED) is 0.834. The van der Waals surface area contributed by atoms with E-state index in [9.17, 15) is 4.79 Å². The van der Waals surface area contributed by atoms with E-state index in [0.717, 1.165) is 16.5 Å². The lowest BCUT2D eigenvalue weighted by Gasteiger charge is -2.20. The highest BCUT2D eigenvalue weighted by molar-refractivity contribution is 9.10. The van der Waals surface area contributed by atoms with Crippen LogP contribution in [-0.2, 0) is 0 Å². The van der Waals surface area contributed by atoms with Gasteiger partial charge in [-0.05, 0) is 52.7 Å². The number of nitrogens with one attached hydrogen (secondary N) is 1. The molecule has 3 rings (SSSR count). The lowest BCUT2D eigenvalue weighted by molar-refractivity contribution is 0.0930. The normalized spacial score (nSPS) is 29.6. The van der Waals surface area contributed by atoms with Gasteiger partial charge in [-0.25, -0.2) is 0 Å². The van der Waals surface area contributed by atoms with Gasteiger partial charge in [0.15, 0.2) is 0 Å². The third-order valence-electron chi connectivity index (χ3n) is 3.71. The largest absolute Gasteiger partial charge is 0.349 e. The number of amides is 1. The Balaban J connectivity index is 1.72. The molecule has 3 atom stereocenters. The molecule has 1 aromatic carbocycles. The molecular formula is C14H14BrNO. The van der Waals surface area contributed by atoms with Gasteiger partial charge in [-0.2, -0.15) is 0 Å². The molecule has 2 aliphatic carbocycles. The molecule has 0 heterocycles. The number of halogens is 1. The van der Waals surface area contributed by atoms with Crippen molar-refractivity contribution in [2.24, 2.45) is 11.8 Å². The Kier molecular flexibility index (Phi) is 2.79. The Morgan fingerprint density at radius 1 is 1.24 bits per heavy atom.